The van der Waals surface area contributed by atoms with Gasteiger partial charge in [0.25, 0.3) is 0 Å². The number of carboxylic acid groups (broad SMARTS) is 1. The van der Waals surface area contributed by atoms with Crippen molar-refractivity contribution in [3.05, 3.63) is 34.3 Å². The summed E-state index contributed by atoms with van der Waals surface area (Å²) in [5.41, 5.74) is 5.72. The Hall–Kier alpha value is -1.20. The Labute approximate surface area is 95.2 Å². The van der Waals surface area contributed by atoms with Crippen molar-refractivity contribution in [3.63, 3.8) is 0 Å². The van der Waals surface area contributed by atoms with E-state index < -0.39 is 12.0 Å². The molecule has 15 heavy (non-hydrogen) atoms. The molecule has 0 aliphatic heterocycles. The van der Waals surface area contributed by atoms with Gasteiger partial charge in [-0.05, 0) is 12.1 Å². The smallest absolute Gasteiger partial charge is 0.320 e. The van der Waals surface area contributed by atoms with Crippen molar-refractivity contribution in [1.29, 1.82) is 0 Å². The first kappa shape index (κ1) is 11.9. The van der Waals surface area contributed by atoms with Crippen LogP contribution in [0.5, 0.6) is 0 Å². The monoisotopic (exact) mass is 271 g/mol. The summed E-state index contributed by atoms with van der Waals surface area (Å²) >= 11 is 3.23. The zero-order chi connectivity index (χ0) is 11.4. The van der Waals surface area contributed by atoms with E-state index in [1.807, 2.05) is 0 Å². The first-order valence-corrected chi connectivity index (χ1v) is 5.07. The maximum absolute atomic E-state index is 11.5. The molecule has 1 unspecified atom stereocenters. The number of hydrogen-bond donors (Lipinski definition) is 2. The highest BCUT2D eigenvalue weighted by Gasteiger charge is 2.17. The average molecular weight is 272 g/mol. The molecule has 0 saturated carbocycles. The Bertz CT molecular complexity index is 392. The van der Waals surface area contributed by atoms with E-state index in [4.69, 9.17) is 10.8 Å². The average Bonchev–Trinajstić information content (AvgIpc) is 2.17. The zero-order valence-electron chi connectivity index (χ0n) is 7.81. The van der Waals surface area contributed by atoms with Crippen LogP contribution in [0.4, 0.5) is 0 Å². The first-order chi connectivity index (χ1) is 7.00. The summed E-state index contributed by atoms with van der Waals surface area (Å²) in [6, 6.07) is 5.62. The van der Waals surface area contributed by atoms with Gasteiger partial charge in [0, 0.05) is 16.5 Å². The van der Waals surface area contributed by atoms with E-state index in [1.165, 1.54) is 0 Å². The summed E-state index contributed by atoms with van der Waals surface area (Å²) < 4.78 is 0.775. The molecule has 0 heterocycles. The van der Waals surface area contributed by atoms with E-state index in [2.05, 4.69) is 15.9 Å². The Balaban J connectivity index is 2.73. The number of aliphatic carboxylic acids is 1. The number of ketones is 1. The standard InChI is InChI=1S/C10H10BrNO3/c11-7-3-1-2-6(4-7)9(13)5-8(12)10(14)15/h1-4,8H,5,12H2,(H,14,15). The van der Waals surface area contributed by atoms with Crippen LogP contribution in [0.25, 0.3) is 0 Å². The molecule has 0 aromatic heterocycles. The van der Waals surface area contributed by atoms with Crippen LogP contribution in [0.2, 0.25) is 0 Å². The molecule has 1 aromatic rings. The summed E-state index contributed by atoms with van der Waals surface area (Å²) in [6.45, 7) is 0. The summed E-state index contributed by atoms with van der Waals surface area (Å²) in [7, 11) is 0. The van der Waals surface area contributed by atoms with E-state index in [0.717, 1.165) is 4.47 Å². The van der Waals surface area contributed by atoms with Crippen LogP contribution < -0.4 is 5.73 Å². The van der Waals surface area contributed by atoms with E-state index >= 15 is 0 Å². The second-order valence-electron chi connectivity index (χ2n) is 3.08. The number of halogens is 1. The molecule has 0 aliphatic carbocycles. The van der Waals surface area contributed by atoms with Gasteiger partial charge in [-0.2, -0.15) is 0 Å². The number of Topliss-reactive ketones (excluding diaryl/α,β-unsaturated/α-hetero) is 1. The molecule has 0 aliphatic rings. The van der Waals surface area contributed by atoms with Crippen LogP contribution in [0.1, 0.15) is 16.8 Å². The maximum atomic E-state index is 11.5. The van der Waals surface area contributed by atoms with E-state index in [9.17, 15) is 9.59 Å². The van der Waals surface area contributed by atoms with Crippen molar-refractivity contribution in [2.45, 2.75) is 12.5 Å². The van der Waals surface area contributed by atoms with Crippen LogP contribution >= 0.6 is 15.9 Å². The summed E-state index contributed by atoms with van der Waals surface area (Å²) in [6.07, 6.45) is -0.189. The van der Waals surface area contributed by atoms with Gasteiger partial charge in [0.1, 0.15) is 6.04 Å². The molecule has 5 heteroatoms. The van der Waals surface area contributed by atoms with Crippen molar-refractivity contribution in [2.24, 2.45) is 5.73 Å². The molecule has 0 amide bonds. The van der Waals surface area contributed by atoms with Crippen molar-refractivity contribution in [3.8, 4) is 0 Å². The maximum Gasteiger partial charge on any atom is 0.320 e. The van der Waals surface area contributed by atoms with E-state index in [-0.39, 0.29) is 12.2 Å². The van der Waals surface area contributed by atoms with Crippen LogP contribution in [-0.2, 0) is 4.79 Å². The van der Waals surface area contributed by atoms with Crippen LogP contribution in [-0.4, -0.2) is 22.9 Å². The molecule has 0 spiro atoms. The summed E-state index contributed by atoms with van der Waals surface area (Å²) in [5.74, 6) is -1.44. The highest BCUT2D eigenvalue weighted by Crippen LogP contribution is 2.13. The Morgan fingerprint density at radius 2 is 2.13 bits per heavy atom. The second-order valence-corrected chi connectivity index (χ2v) is 4.00. The molecule has 3 N–H and O–H groups in total. The lowest BCUT2D eigenvalue weighted by atomic mass is 10.0. The number of rotatable bonds is 4. The van der Waals surface area contributed by atoms with Gasteiger partial charge in [-0.3, -0.25) is 9.59 Å². The van der Waals surface area contributed by atoms with Gasteiger partial charge in [-0.25, -0.2) is 0 Å². The minimum atomic E-state index is -1.17. The predicted molar refractivity (Wildman–Crippen MR) is 58.7 cm³/mol. The van der Waals surface area contributed by atoms with Crippen LogP contribution in [0, 0.1) is 0 Å². The Morgan fingerprint density at radius 1 is 1.47 bits per heavy atom. The SMILES string of the molecule is NC(CC(=O)c1cccc(Br)c1)C(=O)O. The fourth-order valence-electron chi connectivity index (χ4n) is 1.07. The largest absolute Gasteiger partial charge is 0.480 e. The minimum Gasteiger partial charge on any atom is -0.480 e. The van der Waals surface area contributed by atoms with Crippen LogP contribution in [0.15, 0.2) is 28.7 Å². The lowest BCUT2D eigenvalue weighted by Gasteiger charge is -2.05. The van der Waals surface area contributed by atoms with Gasteiger partial charge >= 0.3 is 5.97 Å². The van der Waals surface area contributed by atoms with Crippen molar-refractivity contribution < 1.29 is 14.7 Å². The summed E-state index contributed by atoms with van der Waals surface area (Å²) in [4.78, 5) is 22.0. The fraction of sp³-hybridized carbons (Fsp3) is 0.200. The molecule has 1 atom stereocenters. The second kappa shape index (κ2) is 5.04. The van der Waals surface area contributed by atoms with Gasteiger partial charge in [-0.1, -0.05) is 28.1 Å². The molecule has 0 fully saturated rings. The van der Waals surface area contributed by atoms with E-state index in [0.29, 0.717) is 5.56 Å². The quantitative estimate of drug-likeness (QED) is 0.812. The molecule has 4 nitrogen and oxygen atoms in total. The molecule has 0 saturated heterocycles. The molecule has 80 valence electrons. The number of nitrogens with two attached hydrogens (primary N) is 1. The van der Waals surface area contributed by atoms with Crippen LogP contribution in [0.3, 0.4) is 0 Å². The number of hydrogen-bond acceptors (Lipinski definition) is 3. The molecular weight excluding hydrogens is 262 g/mol. The molecule has 0 radical (unpaired) electrons. The summed E-state index contributed by atoms with van der Waals surface area (Å²) in [5, 5.41) is 8.55. The number of carbonyl (C=O) groups excluding carboxylic acids is 1. The Morgan fingerprint density at radius 3 is 2.67 bits per heavy atom. The Kier molecular flexibility index (Phi) is 3.99. The topological polar surface area (TPSA) is 80.4 Å². The minimum absolute atomic E-state index is 0.189. The van der Waals surface area contributed by atoms with Gasteiger partial charge in [0.05, 0.1) is 0 Å². The third-order valence-electron chi connectivity index (χ3n) is 1.87. The zero-order valence-corrected chi connectivity index (χ0v) is 9.40. The lowest BCUT2D eigenvalue weighted by molar-refractivity contribution is -0.138. The highest BCUT2D eigenvalue weighted by atomic mass is 79.9. The third-order valence-corrected chi connectivity index (χ3v) is 2.36. The van der Waals surface area contributed by atoms with Gasteiger partial charge in [0.2, 0.25) is 0 Å². The van der Waals surface area contributed by atoms with Gasteiger partial charge in [0.15, 0.2) is 5.78 Å². The number of carbonyl (C=O) groups is 2. The molecule has 0 bridgehead atoms. The van der Waals surface area contributed by atoms with Crippen molar-refractivity contribution in [1.82, 2.24) is 0 Å². The predicted octanol–water partition coefficient (Wildman–Crippen LogP) is 1.43. The highest BCUT2D eigenvalue weighted by molar-refractivity contribution is 9.10. The van der Waals surface area contributed by atoms with Gasteiger partial charge in [-0.15, -0.1) is 0 Å². The van der Waals surface area contributed by atoms with Gasteiger partial charge < -0.3 is 10.8 Å². The number of benzene rings is 1. The molecule has 1 aromatic carbocycles. The van der Waals surface area contributed by atoms with Crippen molar-refractivity contribution >= 4 is 27.7 Å². The molecular formula is C10H10BrNO3. The lowest BCUT2D eigenvalue weighted by Crippen LogP contribution is -2.32. The fourth-order valence-corrected chi connectivity index (χ4v) is 1.47. The number of carboxylic acids is 1. The first-order valence-electron chi connectivity index (χ1n) is 4.28. The third kappa shape index (κ3) is 3.45. The molecule has 1 rings (SSSR count). The van der Waals surface area contributed by atoms with Crippen molar-refractivity contribution in [2.75, 3.05) is 0 Å². The van der Waals surface area contributed by atoms with E-state index in [1.54, 1.807) is 24.3 Å². The normalized spacial score (nSPS) is 12.1.